The van der Waals surface area contributed by atoms with Gasteiger partial charge < -0.3 is 14.8 Å². The molecular weight excluding hydrogens is 404 g/mol. The number of ether oxygens (including phenoxy) is 2. The van der Waals surface area contributed by atoms with Gasteiger partial charge in [0.15, 0.2) is 0 Å². The number of hydrogen-bond acceptors (Lipinski definition) is 5. The second kappa shape index (κ2) is 9.84. The minimum atomic E-state index is -3.73. The highest BCUT2D eigenvalue weighted by Gasteiger charge is 2.31. The van der Waals surface area contributed by atoms with Crippen molar-refractivity contribution < 1.29 is 22.7 Å². The zero-order valence-corrected chi connectivity index (χ0v) is 19.2. The Morgan fingerprint density at radius 2 is 1.70 bits per heavy atom. The summed E-state index contributed by atoms with van der Waals surface area (Å²) in [5.41, 5.74) is 3.28. The highest BCUT2D eigenvalue weighted by Crippen LogP contribution is 2.32. The summed E-state index contributed by atoms with van der Waals surface area (Å²) < 4.78 is 37.2. The third-order valence-electron chi connectivity index (χ3n) is 4.66. The van der Waals surface area contributed by atoms with Crippen LogP contribution in [0.25, 0.3) is 0 Å². The molecule has 0 saturated heterocycles. The van der Waals surface area contributed by atoms with Gasteiger partial charge in [0, 0.05) is 0 Å². The Bertz CT molecular complexity index is 1000. The van der Waals surface area contributed by atoms with E-state index in [9.17, 15) is 13.2 Å². The summed E-state index contributed by atoms with van der Waals surface area (Å²) in [6, 6.07) is 10.2. The largest absolute Gasteiger partial charge is 0.495 e. The van der Waals surface area contributed by atoms with Crippen LogP contribution in [0.3, 0.4) is 0 Å². The molecule has 0 fully saturated rings. The predicted octanol–water partition coefficient (Wildman–Crippen LogP) is 2.97. The van der Waals surface area contributed by atoms with E-state index in [0.29, 0.717) is 11.4 Å². The first-order chi connectivity index (χ1) is 14.0. The third kappa shape index (κ3) is 5.89. The summed E-state index contributed by atoms with van der Waals surface area (Å²) in [6.07, 6.45) is 1.07. The second-order valence-electron chi connectivity index (χ2n) is 7.32. The molecule has 1 N–H and O–H groups in total. The van der Waals surface area contributed by atoms with Gasteiger partial charge in [-0.25, -0.2) is 8.42 Å². The van der Waals surface area contributed by atoms with Crippen LogP contribution in [0.2, 0.25) is 0 Å². The maximum absolute atomic E-state index is 12.7. The van der Waals surface area contributed by atoms with Crippen molar-refractivity contribution >= 4 is 21.6 Å². The van der Waals surface area contributed by atoms with Crippen molar-refractivity contribution in [1.29, 1.82) is 0 Å². The average molecular weight is 435 g/mol. The molecule has 0 aromatic heterocycles. The van der Waals surface area contributed by atoms with Gasteiger partial charge in [0.25, 0.3) is 0 Å². The fourth-order valence-electron chi connectivity index (χ4n) is 3.10. The number of nitrogens with one attached hydrogen (secondary N) is 1. The minimum Gasteiger partial charge on any atom is -0.495 e. The summed E-state index contributed by atoms with van der Waals surface area (Å²) in [7, 11) is -2.27. The Morgan fingerprint density at radius 3 is 2.33 bits per heavy atom. The van der Waals surface area contributed by atoms with Crippen LogP contribution in [0.4, 0.5) is 5.69 Å². The van der Waals surface area contributed by atoms with Crippen molar-refractivity contribution in [2.24, 2.45) is 0 Å². The lowest BCUT2D eigenvalue weighted by molar-refractivity contribution is -0.121. The van der Waals surface area contributed by atoms with E-state index in [1.807, 2.05) is 45.0 Å². The second-order valence-corrected chi connectivity index (χ2v) is 9.18. The first-order valence-electron chi connectivity index (χ1n) is 9.66. The molecule has 164 valence electrons. The lowest BCUT2D eigenvalue weighted by atomic mass is 10.1. The smallest absolute Gasteiger partial charge is 0.243 e. The Balaban J connectivity index is 2.10. The molecule has 1 amide bonds. The SMILES string of the molecule is COc1ccc(C)cc1N([C@H](C)C(=O)NCCOc1cc(C)ccc1C)S(C)(=O)=O. The van der Waals surface area contributed by atoms with Gasteiger partial charge in [-0.3, -0.25) is 9.10 Å². The number of aryl methyl sites for hydroxylation is 3. The van der Waals surface area contributed by atoms with Crippen molar-refractivity contribution in [3.63, 3.8) is 0 Å². The van der Waals surface area contributed by atoms with Crippen molar-refractivity contribution in [3.8, 4) is 11.5 Å². The Labute approximate surface area is 179 Å². The van der Waals surface area contributed by atoms with Crippen molar-refractivity contribution in [2.45, 2.75) is 33.7 Å². The van der Waals surface area contributed by atoms with Crippen molar-refractivity contribution in [3.05, 3.63) is 53.1 Å². The average Bonchev–Trinajstić information content (AvgIpc) is 2.66. The predicted molar refractivity (Wildman–Crippen MR) is 119 cm³/mol. The molecule has 2 aromatic carbocycles. The van der Waals surface area contributed by atoms with Crippen LogP contribution >= 0.6 is 0 Å². The Kier molecular flexibility index (Phi) is 7.72. The fraction of sp³-hybridized carbons (Fsp3) is 0.409. The van der Waals surface area contributed by atoms with E-state index >= 15 is 0 Å². The fourth-order valence-corrected chi connectivity index (χ4v) is 4.27. The maximum Gasteiger partial charge on any atom is 0.243 e. The number of amides is 1. The lowest BCUT2D eigenvalue weighted by Crippen LogP contribution is -2.48. The number of sulfonamides is 1. The number of carbonyl (C=O) groups excluding carboxylic acids is 1. The van der Waals surface area contributed by atoms with Crippen molar-refractivity contribution in [1.82, 2.24) is 5.32 Å². The molecular formula is C22H30N2O5S. The molecule has 0 unspecified atom stereocenters. The van der Waals surface area contributed by atoms with Crippen LogP contribution < -0.4 is 19.1 Å². The number of anilines is 1. The van der Waals surface area contributed by atoms with E-state index in [2.05, 4.69) is 5.32 Å². The van der Waals surface area contributed by atoms with Gasteiger partial charge in [0.2, 0.25) is 15.9 Å². The zero-order chi connectivity index (χ0) is 22.5. The van der Waals surface area contributed by atoms with Crippen LogP contribution in [0.15, 0.2) is 36.4 Å². The summed E-state index contributed by atoms with van der Waals surface area (Å²) in [5, 5.41) is 2.75. The van der Waals surface area contributed by atoms with Crippen LogP contribution in [0.1, 0.15) is 23.6 Å². The number of carbonyl (C=O) groups is 1. The van der Waals surface area contributed by atoms with E-state index in [1.54, 1.807) is 19.1 Å². The quantitative estimate of drug-likeness (QED) is 0.614. The molecule has 8 heteroatoms. The van der Waals surface area contributed by atoms with Gasteiger partial charge in [-0.1, -0.05) is 18.2 Å². The molecule has 0 aliphatic heterocycles. The van der Waals surface area contributed by atoms with Gasteiger partial charge in [-0.2, -0.15) is 0 Å². The molecule has 2 rings (SSSR count). The number of hydrogen-bond donors (Lipinski definition) is 1. The molecule has 2 aromatic rings. The molecule has 30 heavy (non-hydrogen) atoms. The van der Waals surface area contributed by atoms with Crippen molar-refractivity contribution in [2.75, 3.05) is 30.8 Å². The first-order valence-corrected chi connectivity index (χ1v) is 11.5. The molecule has 7 nitrogen and oxygen atoms in total. The van der Waals surface area contributed by atoms with E-state index < -0.39 is 22.0 Å². The molecule has 0 aliphatic carbocycles. The summed E-state index contributed by atoms with van der Waals surface area (Å²) in [4.78, 5) is 12.7. The monoisotopic (exact) mass is 434 g/mol. The van der Waals surface area contributed by atoms with Crippen LogP contribution in [-0.4, -0.2) is 46.9 Å². The first kappa shape index (κ1) is 23.5. The minimum absolute atomic E-state index is 0.249. The Morgan fingerprint density at radius 1 is 1.07 bits per heavy atom. The standard InChI is InChI=1S/C22H30N2O5S/c1-15-8-10-20(28-5)19(13-15)24(30(6,26)27)18(4)22(25)23-11-12-29-21-14-16(2)7-9-17(21)3/h7-10,13-14,18H,11-12H2,1-6H3,(H,23,25)/t18-/m1/s1. The molecule has 0 saturated carbocycles. The van der Waals surface area contributed by atoms with Crippen LogP contribution in [-0.2, 0) is 14.8 Å². The molecule has 0 radical (unpaired) electrons. The van der Waals surface area contributed by atoms with E-state index in [0.717, 1.165) is 33.0 Å². The summed E-state index contributed by atoms with van der Waals surface area (Å²) in [6.45, 7) is 7.85. The highest BCUT2D eigenvalue weighted by atomic mass is 32.2. The van der Waals surface area contributed by atoms with Gasteiger partial charge >= 0.3 is 0 Å². The third-order valence-corrected chi connectivity index (χ3v) is 5.89. The molecule has 0 heterocycles. The van der Waals surface area contributed by atoms with Gasteiger partial charge in [-0.05, 0) is 62.6 Å². The molecule has 0 bridgehead atoms. The zero-order valence-electron chi connectivity index (χ0n) is 18.4. The maximum atomic E-state index is 12.7. The number of benzene rings is 2. The topological polar surface area (TPSA) is 84.9 Å². The highest BCUT2D eigenvalue weighted by molar-refractivity contribution is 7.92. The van der Waals surface area contributed by atoms with Crippen LogP contribution in [0.5, 0.6) is 11.5 Å². The molecule has 0 aliphatic rings. The normalized spacial score (nSPS) is 12.2. The van der Waals surface area contributed by atoms with Crippen LogP contribution in [0, 0.1) is 20.8 Å². The summed E-state index contributed by atoms with van der Waals surface area (Å²) in [5.74, 6) is 0.719. The number of methoxy groups -OCH3 is 1. The van der Waals surface area contributed by atoms with Gasteiger partial charge in [0.05, 0.1) is 25.6 Å². The lowest BCUT2D eigenvalue weighted by Gasteiger charge is -2.29. The van der Waals surface area contributed by atoms with E-state index in [-0.39, 0.29) is 13.2 Å². The molecule has 0 spiro atoms. The number of nitrogens with zero attached hydrogens (tertiary/aromatic N) is 1. The number of rotatable bonds is 9. The molecule has 1 atom stereocenters. The van der Waals surface area contributed by atoms with Gasteiger partial charge in [-0.15, -0.1) is 0 Å². The summed E-state index contributed by atoms with van der Waals surface area (Å²) >= 11 is 0. The van der Waals surface area contributed by atoms with E-state index in [1.165, 1.54) is 7.11 Å². The van der Waals surface area contributed by atoms with Gasteiger partial charge in [0.1, 0.15) is 24.1 Å². The Hall–Kier alpha value is -2.74. The van der Waals surface area contributed by atoms with E-state index in [4.69, 9.17) is 9.47 Å².